The fraction of sp³-hybridized carbons (Fsp3) is 0.947. The lowest BCUT2D eigenvalue weighted by molar-refractivity contribution is 0.0509. The van der Waals surface area contributed by atoms with E-state index in [2.05, 4.69) is 38.3 Å². The summed E-state index contributed by atoms with van der Waals surface area (Å²) in [6, 6.07) is 0.497. The highest BCUT2D eigenvalue weighted by Crippen LogP contribution is 2.28. The number of alkyl carbamates (subject to hydrolysis) is 1. The molecule has 1 amide bonds. The third-order valence-corrected chi connectivity index (χ3v) is 5.20. The first-order chi connectivity index (χ1) is 10.5. The molecule has 23 heavy (non-hydrogen) atoms. The summed E-state index contributed by atoms with van der Waals surface area (Å²) in [6.07, 6.45) is 4.61. The van der Waals surface area contributed by atoms with Crippen molar-refractivity contribution in [3.05, 3.63) is 0 Å². The Morgan fingerprint density at radius 2 is 1.74 bits per heavy atom. The molecule has 0 radical (unpaired) electrons. The molecule has 0 aliphatic heterocycles. The van der Waals surface area contributed by atoms with Gasteiger partial charge in [0.25, 0.3) is 0 Å². The standard InChI is InChI=1S/C19H38N2O2/c1-14(2)19(6,7)13-21-16-11-9-8-10-15(16)12-20-17(22)23-18(3,4)5/h14-16,21H,8-13H2,1-7H3,(H,20,22). The minimum atomic E-state index is -0.435. The molecule has 2 N–H and O–H groups in total. The van der Waals surface area contributed by atoms with Crippen LogP contribution in [0.15, 0.2) is 0 Å². The Hall–Kier alpha value is -0.770. The summed E-state index contributed by atoms with van der Waals surface area (Å²) < 4.78 is 5.34. The first kappa shape index (κ1) is 20.3. The van der Waals surface area contributed by atoms with E-state index in [-0.39, 0.29) is 6.09 Å². The molecule has 1 aliphatic rings. The second-order valence-corrected chi connectivity index (χ2v) is 9.06. The number of hydrogen-bond acceptors (Lipinski definition) is 3. The summed E-state index contributed by atoms with van der Waals surface area (Å²) in [6.45, 7) is 16.6. The number of rotatable bonds is 6. The topological polar surface area (TPSA) is 50.4 Å². The lowest BCUT2D eigenvalue weighted by Gasteiger charge is -2.37. The van der Waals surface area contributed by atoms with Crippen LogP contribution in [-0.2, 0) is 4.74 Å². The molecule has 0 aromatic carbocycles. The van der Waals surface area contributed by atoms with Crippen molar-refractivity contribution in [3.8, 4) is 0 Å². The number of nitrogens with one attached hydrogen (secondary N) is 2. The maximum Gasteiger partial charge on any atom is 0.407 e. The zero-order valence-electron chi connectivity index (χ0n) is 16.3. The van der Waals surface area contributed by atoms with Gasteiger partial charge in [-0.1, -0.05) is 40.5 Å². The summed E-state index contributed by atoms with van der Waals surface area (Å²) in [5, 5.41) is 6.73. The molecule has 1 rings (SSSR count). The maximum absolute atomic E-state index is 11.9. The van der Waals surface area contributed by atoms with E-state index in [9.17, 15) is 4.79 Å². The molecule has 136 valence electrons. The Labute approximate surface area is 143 Å². The lowest BCUT2D eigenvalue weighted by atomic mass is 9.79. The van der Waals surface area contributed by atoms with Crippen molar-refractivity contribution in [1.29, 1.82) is 0 Å². The van der Waals surface area contributed by atoms with E-state index < -0.39 is 5.60 Å². The van der Waals surface area contributed by atoms with Crippen molar-refractivity contribution in [3.63, 3.8) is 0 Å². The number of carbonyl (C=O) groups excluding carboxylic acids is 1. The van der Waals surface area contributed by atoms with Crippen LogP contribution in [0.3, 0.4) is 0 Å². The third kappa shape index (κ3) is 7.56. The van der Waals surface area contributed by atoms with E-state index >= 15 is 0 Å². The molecule has 4 heteroatoms. The van der Waals surface area contributed by atoms with Crippen LogP contribution in [0.2, 0.25) is 0 Å². The van der Waals surface area contributed by atoms with Gasteiger partial charge >= 0.3 is 6.09 Å². The van der Waals surface area contributed by atoms with E-state index in [1.165, 1.54) is 25.7 Å². The summed E-state index contributed by atoms with van der Waals surface area (Å²) >= 11 is 0. The van der Waals surface area contributed by atoms with E-state index in [1.807, 2.05) is 20.8 Å². The fourth-order valence-corrected chi connectivity index (χ4v) is 2.85. The van der Waals surface area contributed by atoms with Gasteiger partial charge in [0.2, 0.25) is 0 Å². The maximum atomic E-state index is 11.9. The van der Waals surface area contributed by atoms with Crippen molar-refractivity contribution >= 4 is 6.09 Å². The highest BCUT2D eigenvalue weighted by atomic mass is 16.6. The van der Waals surface area contributed by atoms with Crippen LogP contribution in [0.25, 0.3) is 0 Å². The minimum absolute atomic E-state index is 0.292. The van der Waals surface area contributed by atoms with Gasteiger partial charge in [-0.25, -0.2) is 4.79 Å². The second kappa shape index (κ2) is 8.36. The Balaban J connectivity index is 2.47. The SMILES string of the molecule is CC(C)C(C)(C)CNC1CCCCC1CNC(=O)OC(C)(C)C. The smallest absolute Gasteiger partial charge is 0.407 e. The first-order valence-corrected chi connectivity index (χ1v) is 9.21. The largest absolute Gasteiger partial charge is 0.444 e. The van der Waals surface area contributed by atoms with Crippen molar-refractivity contribution in [2.45, 2.75) is 85.8 Å². The number of carbonyl (C=O) groups is 1. The van der Waals surface area contributed by atoms with Gasteiger partial charge in [0.15, 0.2) is 0 Å². The van der Waals surface area contributed by atoms with Crippen LogP contribution < -0.4 is 10.6 Å². The van der Waals surface area contributed by atoms with Gasteiger partial charge in [0, 0.05) is 19.1 Å². The molecular formula is C19H38N2O2. The molecule has 0 aromatic heterocycles. The van der Waals surface area contributed by atoms with Crippen molar-refractivity contribution in [2.24, 2.45) is 17.3 Å². The van der Waals surface area contributed by atoms with Gasteiger partial charge in [0.1, 0.15) is 5.60 Å². The van der Waals surface area contributed by atoms with Crippen LogP contribution >= 0.6 is 0 Å². The van der Waals surface area contributed by atoms with Gasteiger partial charge in [-0.05, 0) is 50.9 Å². The highest BCUT2D eigenvalue weighted by Gasteiger charge is 2.29. The van der Waals surface area contributed by atoms with Crippen LogP contribution in [0.4, 0.5) is 4.79 Å². The molecule has 0 aromatic rings. The molecule has 4 nitrogen and oxygen atoms in total. The van der Waals surface area contributed by atoms with Gasteiger partial charge in [-0.15, -0.1) is 0 Å². The zero-order chi connectivity index (χ0) is 17.7. The van der Waals surface area contributed by atoms with Crippen LogP contribution in [0.1, 0.15) is 74.1 Å². The van der Waals surface area contributed by atoms with Gasteiger partial charge in [-0.2, -0.15) is 0 Å². The van der Waals surface area contributed by atoms with Crippen LogP contribution in [-0.4, -0.2) is 30.8 Å². The number of hydrogen-bond donors (Lipinski definition) is 2. The molecule has 2 atom stereocenters. The summed E-state index contributed by atoms with van der Waals surface area (Å²) in [7, 11) is 0. The first-order valence-electron chi connectivity index (χ1n) is 9.21. The van der Waals surface area contributed by atoms with Crippen LogP contribution in [0.5, 0.6) is 0 Å². The lowest BCUT2D eigenvalue weighted by Crippen LogP contribution is -2.48. The molecule has 2 unspecified atom stereocenters. The monoisotopic (exact) mass is 326 g/mol. The average molecular weight is 327 g/mol. The molecule has 1 saturated carbocycles. The molecule has 0 heterocycles. The molecular weight excluding hydrogens is 288 g/mol. The molecule has 0 bridgehead atoms. The van der Waals surface area contributed by atoms with E-state index in [1.54, 1.807) is 0 Å². The summed E-state index contributed by atoms with van der Waals surface area (Å²) in [5.74, 6) is 1.15. The second-order valence-electron chi connectivity index (χ2n) is 9.06. The zero-order valence-corrected chi connectivity index (χ0v) is 16.3. The molecule has 0 saturated heterocycles. The van der Waals surface area contributed by atoms with Gasteiger partial charge in [-0.3, -0.25) is 0 Å². The third-order valence-electron chi connectivity index (χ3n) is 5.20. The number of ether oxygens (including phenoxy) is 1. The predicted molar refractivity (Wildman–Crippen MR) is 96.6 cm³/mol. The Morgan fingerprint density at radius 1 is 1.13 bits per heavy atom. The fourth-order valence-electron chi connectivity index (χ4n) is 2.85. The Bertz CT molecular complexity index is 372. The van der Waals surface area contributed by atoms with Crippen molar-refractivity contribution in [1.82, 2.24) is 10.6 Å². The van der Waals surface area contributed by atoms with Crippen LogP contribution in [0, 0.1) is 17.3 Å². The van der Waals surface area contributed by atoms with Gasteiger partial charge in [0.05, 0.1) is 0 Å². The Kier molecular flexibility index (Phi) is 7.37. The van der Waals surface area contributed by atoms with E-state index in [4.69, 9.17) is 4.74 Å². The van der Waals surface area contributed by atoms with Crippen molar-refractivity contribution in [2.75, 3.05) is 13.1 Å². The molecule has 1 fully saturated rings. The molecule has 1 aliphatic carbocycles. The Morgan fingerprint density at radius 3 is 2.30 bits per heavy atom. The number of amides is 1. The quantitative estimate of drug-likeness (QED) is 0.763. The van der Waals surface area contributed by atoms with E-state index in [0.717, 1.165) is 6.54 Å². The average Bonchev–Trinajstić information content (AvgIpc) is 2.41. The summed E-state index contributed by atoms with van der Waals surface area (Å²) in [4.78, 5) is 11.9. The minimum Gasteiger partial charge on any atom is -0.444 e. The van der Waals surface area contributed by atoms with E-state index in [0.29, 0.717) is 29.8 Å². The van der Waals surface area contributed by atoms with Gasteiger partial charge < -0.3 is 15.4 Å². The predicted octanol–water partition coefficient (Wildman–Crippen LogP) is 4.34. The normalized spacial score (nSPS) is 23.0. The highest BCUT2D eigenvalue weighted by molar-refractivity contribution is 5.67. The molecule has 0 spiro atoms. The summed E-state index contributed by atoms with van der Waals surface area (Å²) in [5.41, 5.74) is -0.143. The van der Waals surface area contributed by atoms with Crippen molar-refractivity contribution < 1.29 is 9.53 Å².